The molecule has 4 nitrogen and oxygen atoms in total. The van der Waals surface area contributed by atoms with Crippen LogP contribution >= 0.6 is 15.9 Å². The number of nitrogens with zero attached hydrogens (tertiary/aromatic N) is 1. The highest BCUT2D eigenvalue weighted by Crippen LogP contribution is 2.28. The summed E-state index contributed by atoms with van der Waals surface area (Å²) in [5, 5.41) is 0. The van der Waals surface area contributed by atoms with Gasteiger partial charge in [0.2, 0.25) is 5.88 Å². The zero-order valence-corrected chi connectivity index (χ0v) is 12.8. The van der Waals surface area contributed by atoms with Gasteiger partial charge < -0.3 is 4.74 Å². The Labute approximate surface area is 120 Å². The highest BCUT2D eigenvalue weighted by molar-refractivity contribution is 9.10. The van der Waals surface area contributed by atoms with Crippen molar-refractivity contribution in [2.24, 2.45) is 0 Å². The molecule has 0 bridgehead atoms. The quantitative estimate of drug-likeness (QED) is 0.858. The number of ether oxygens (including phenoxy) is 1. The number of pyridine rings is 1. The van der Waals surface area contributed by atoms with Crippen molar-refractivity contribution in [1.82, 2.24) is 4.98 Å². The Morgan fingerprint density at radius 2 is 2.00 bits per heavy atom. The predicted octanol–water partition coefficient (Wildman–Crippen LogP) is 3.35. The minimum atomic E-state index is -3.25. The van der Waals surface area contributed by atoms with E-state index < -0.39 is 9.84 Å². The van der Waals surface area contributed by atoms with Crippen molar-refractivity contribution in [2.45, 2.75) is 11.8 Å². The van der Waals surface area contributed by atoms with E-state index in [1.165, 1.54) is 12.1 Å². The van der Waals surface area contributed by atoms with Gasteiger partial charge in [0.15, 0.2) is 9.84 Å². The molecular weight excluding hydrogens is 330 g/mol. The number of hydrogen-bond acceptors (Lipinski definition) is 4. The van der Waals surface area contributed by atoms with E-state index in [1.807, 2.05) is 13.0 Å². The molecule has 6 heteroatoms. The van der Waals surface area contributed by atoms with Crippen molar-refractivity contribution < 1.29 is 13.2 Å². The Morgan fingerprint density at radius 3 is 2.63 bits per heavy atom. The van der Waals surface area contributed by atoms with Crippen LogP contribution in [0.15, 0.2) is 45.9 Å². The maximum absolute atomic E-state index is 11.5. The third-order valence-corrected chi connectivity index (χ3v) is 4.07. The molecule has 0 fully saturated rings. The average Bonchev–Trinajstić information content (AvgIpc) is 2.32. The summed E-state index contributed by atoms with van der Waals surface area (Å²) in [5.74, 6) is 0.830. The van der Waals surface area contributed by atoms with Gasteiger partial charge in [-0.1, -0.05) is 6.07 Å². The molecule has 0 aliphatic heterocycles. The summed E-state index contributed by atoms with van der Waals surface area (Å²) in [6.07, 6.45) is 2.84. The van der Waals surface area contributed by atoms with Crippen LogP contribution in [-0.4, -0.2) is 19.7 Å². The molecule has 0 spiro atoms. The van der Waals surface area contributed by atoms with Crippen LogP contribution in [0, 0.1) is 6.92 Å². The second-order valence-electron chi connectivity index (χ2n) is 4.15. The highest BCUT2D eigenvalue weighted by atomic mass is 79.9. The molecule has 0 aliphatic carbocycles. The molecular formula is C13H12BrNO3S. The minimum absolute atomic E-state index is 0.216. The summed E-state index contributed by atoms with van der Waals surface area (Å²) in [7, 11) is -3.25. The van der Waals surface area contributed by atoms with Gasteiger partial charge in [-0.25, -0.2) is 13.4 Å². The Morgan fingerprint density at radius 1 is 1.26 bits per heavy atom. The molecule has 19 heavy (non-hydrogen) atoms. The van der Waals surface area contributed by atoms with Gasteiger partial charge in [-0.15, -0.1) is 0 Å². The summed E-state index contributed by atoms with van der Waals surface area (Å²) in [5.41, 5.74) is 1.00. The van der Waals surface area contributed by atoms with E-state index in [9.17, 15) is 8.42 Å². The molecule has 0 N–H and O–H groups in total. The first-order valence-electron chi connectivity index (χ1n) is 5.46. The fraction of sp³-hybridized carbons (Fsp3) is 0.154. The lowest BCUT2D eigenvalue weighted by Crippen LogP contribution is -1.97. The van der Waals surface area contributed by atoms with Crippen molar-refractivity contribution >= 4 is 25.8 Å². The van der Waals surface area contributed by atoms with Crippen molar-refractivity contribution in [3.8, 4) is 11.6 Å². The second kappa shape index (κ2) is 5.30. The minimum Gasteiger partial charge on any atom is -0.438 e. The number of aromatic nitrogens is 1. The van der Waals surface area contributed by atoms with Gasteiger partial charge in [0.25, 0.3) is 0 Å². The number of halogens is 1. The van der Waals surface area contributed by atoms with Gasteiger partial charge in [-0.2, -0.15) is 0 Å². The van der Waals surface area contributed by atoms with Crippen LogP contribution in [0.5, 0.6) is 11.6 Å². The third kappa shape index (κ3) is 3.54. The molecule has 0 saturated heterocycles. The summed E-state index contributed by atoms with van der Waals surface area (Å²) < 4.78 is 29.2. The molecule has 0 atom stereocenters. The van der Waals surface area contributed by atoms with Gasteiger partial charge in [-0.05, 0) is 52.7 Å². The number of sulfone groups is 1. The number of rotatable bonds is 3. The first kappa shape index (κ1) is 14.0. The van der Waals surface area contributed by atoms with Crippen molar-refractivity contribution in [2.75, 3.05) is 6.26 Å². The second-order valence-corrected chi connectivity index (χ2v) is 7.02. The van der Waals surface area contributed by atoms with Crippen molar-refractivity contribution in [3.05, 3.63) is 46.6 Å². The van der Waals surface area contributed by atoms with Gasteiger partial charge in [-0.3, -0.25) is 0 Å². The Bertz CT molecular complexity index is 714. The summed E-state index contributed by atoms with van der Waals surface area (Å²) >= 11 is 3.36. The third-order valence-electron chi connectivity index (χ3n) is 2.39. The monoisotopic (exact) mass is 341 g/mol. The maximum Gasteiger partial charge on any atom is 0.233 e. The number of benzene rings is 1. The average molecular weight is 342 g/mol. The van der Waals surface area contributed by atoms with Gasteiger partial charge in [0.05, 0.1) is 9.37 Å². The largest absolute Gasteiger partial charge is 0.438 e. The fourth-order valence-corrected chi connectivity index (χ4v) is 2.68. The van der Waals surface area contributed by atoms with E-state index >= 15 is 0 Å². The van der Waals surface area contributed by atoms with E-state index in [4.69, 9.17) is 4.74 Å². The first-order chi connectivity index (χ1) is 8.86. The molecule has 1 heterocycles. The normalized spacial score (nSPS) is 11.3. The van der Waals surface area contributed by atoms with Gasteiger partial charge >= 0.3 is 0 Å². The first-order valence-corrected chi connectivity index (χ1v) is 8.15. The Kier molecular flexibility index (Phi) is 3.91. The van der Waals surface area contributed by atoms with E-state index in [-0.39, 0.29) is 4.90 Å². The van der Waals surface area contributed by atoms with E-state index in [2.05, 4.69) is 20.9 Å². The topological polar surface area (TPSA) is 56.3 Å². The van der Waals surface area contributed by atoms with Crippen LogP contribution in [-0.2, 0) is 9.84 Å². The Balaban J connectivity index is 2.34. The molecule has 0 aliphatic rings. The molecule has 0 saturated carbocycles. The lowest BCUT2D eigenvalue weighted by atomic mass is 10.3. The predicted molar refractivity (Wildman–Crippen MR) is 76.3 cm³/mol. The standard InChI is InChI=1S/C13H12BrNO3S/c1-9-6-12(14)13(15-8-9)18-10-4-3-5-11(7-10)19(2,16)17/h3-8H,1-2H3. The maximum atomic E-state index is 11.5. The zero-order chi connectivity index (χ0) is 14.0. The van der Waals surface area contributed by atoms with Crippen LogP contribution in [0.25, 0.3) is 0 Å². The van der Waals surface area contributed by atoms with Crippen LogP contribution in [0.4, 0.5) is 0 Å². The molecule has 0 unspecified atom stereocenters. The number of aryl methyl sites for hydroxylation is 1. The molecule has 0 radical (unpaired) electrons. The van der Waals surface area contributed by atoms with Crippen molar-refractivity contribution in [3.63, 3.8) is 0 Å². The van der Waals surface area contributed by atoms with Crippen LogP contribution in [0.1, 0.15) is 5.56 Å². The molecule has 1 aromatic carbocycles. The van der Waals surface area contributed by atoms with Crippen LogP contribution < -0.4 is 4.74 Å². The molecule has 2 aromatic rings. The van der Waals surface area contributed by atoms with Crippen LogP contribution in [0.2, 0.25) is 0 Å². The lowest BCUT2D eigenvalue weighted by molar-refractivity contribution is 0.457. The number of hydrogen-bond donors (Lipinski definition) is 0. The van der Waals surface area contributed by atoms with Crippen molar-refractivity contribution in [1.29, 1.82) is 0 Å². The summed E-state index contributed by atoms with van der Waals surface area (Å²) in [4.78, 5) is 4.36. The highest BCUT2D eigenvalue weighted by Gasteiger charge is 2.10. The van der Waals surface area contributed by atoms with Gasteiger partial charge in [0, 0.05) is 12.5 Å². The molecule has 2 rings (SSSR count). The zero-order valence-electron chi connectivity index (χ0n) is 10.4. The SMILES string of the molecule is Cc1cnc(Oc2cccc(S(C)(=O)=O)c2)c(Br)c1. The summed E-state index contributed by atoms with van der Waals surface area (Å²) in [6.45, 7) is 1.92. The molecule has 1 aromatic heterocycles. The van der Waals surface area contributed by atoms with Gasteiger partial charge in [0.1, 0.15) is 5.75 Å². The molecule has 100 valence electrons. The van der Waals surface area contributed by atoms with Crippen LogP contribution in [0.3, 0.4) is 0 Å². The van der Waals surface area contributed by atoms with E-state index in [0.717, 1.165) is 16.3 Å². The smallest absolute Gasteiger partial charge is 0.233 e. The lowest BCUT2D eigenvalue weighted by Gasteiger charge is -2.08. The fourth-order valence-electron chi connectivity index (χ4n) is 1.48. The Hall–Kier alpha value is -1.40. The van der Waals surface area contributed by atoms with E-state index in [0.29, 0.717) is 11.6 Å². The van der Waals surface area contributed by atoms with E-state index in [1.54, 1.807) is 18.3 Å². The summed E-state index contributed by atoms with van der Waals surface area (Å²) in [6, 6.07) is 8.20. The molecule has 0 amide bonds.